The Labute approximate surface area is 492 Å². The van der Waals surface area contributed by atoms with E-state index >= 15 is 0 Å². The Morgan fingerprint density at radius 3 is 1.25 bits per heavy atom. The van der Waals surface area contributed by atoms with Gasteiger partial charge < -0.3 is 58.7 Å². The van der Waals surface area contributed by atoms with E-state index < -0.39 is 81.8 Å². The van der Waals surface area contributed by atoms with Crippen LogP contribution in [0.2, 0.25) is 0 Å². The van der Waals surface area contributed by atoms with Crippen LogP contribution in [-0.2, 0) is 71.0 Å². The minimum Gasteiger partial charge on any atom is -0.497 e. The van der Waals surface area contributed by atoms with Gasteiger partial charge in [-0.1, -0.05) is 95.3 Å². The van der Waals surface area contributed by atoms with Gasteiger partial charge in [-0.25, -0.2) is 26.4 Å². The van der Waals surface area contributed by atoms with Crippen LogP contribution in [-0.4, -0.2) is 163 Å². The van der Waals surface area contributed by atoms with Gasteiger partial charge in [-0.3, -0.25) is 9.68 Å². The zero-order valence-electron chi connectivity index (χ0n) is 47.6. The number of aliphatic hydroxyl groups excluding tert-OH is 2. The number of ether oxygens (including phenoxy) is 8. The van der Waals surface area contributed by atoms with E-state index in [1.807, 2.05) is 60.7 Å². The molecule has 2 aliphatic carbocycles. The number of nitrogens with zero attached hydrogens (tertiary/aromatic N) is 2. The summed E-state index contributed by atoms with van der Waals surface area (Å²) in [6, 6.07) is 28.9. The standard InChI is InChI=1S/2C30H40N2O9S/c2*1-37-22-13-15-24(16-14-22)42(35,36)32(41-23-10-5-6-11-23)19-27(33)26(18-21-8-3-2-4-9-21)31-30(34)40-28-20-39-29-25(28)12-7-17-38-29/h2*2-4,8-9,13-16,23,25-29,33H,5-7,10-12,17-20H2,1H3,(H,31,34)/t25-,26+,27-,28-,29+;25-,26-,27+,28-,29+/m10/s1. The van der Waals surface area contributed by atoms with Crippen LogP contribution >= 0.6 is 0 Å². The number of methoxy groups -OCH3 is 2. The van der Waals surface area contributed by atoms with Crippen molar-refractivity contribution in [2.45, 2.75) is 161 Å². The van der Waals surface area contributed by atoms with E-state index in [1.54, 1.807) is 24.3 Å². The summed E-state index contributed by atoms with van der Waals surface area (Å²) in [5.74, 6) is 0.933. The molecule has 0 spiro atoms. The summed E-state index contributed by atoms with van der Waals surface area (Å²) in [5.41, 5.74) is 1.71. The number of carbonyl (C=O) groups excluding carboxylic acids is 2. The van der Waals surface area contributed by atoms with Crippen molar-refractivity contribution in [1.29, 1.82) is 0 Å². The van der Waals surface area contributed by atoms with Crippen LogP contribution in [0, 0.1) is 11.8 Å². The second kappa shape index (κ2) is 30.2. The van der Waals surface area contributed by atoms with Crippen LogP contribution < -0.4 is 20.1 Å². The smallest absolute Gasteiger partial charge is 0.407 e. The van der Waals surface area contributed by atoms with Gasteiger partial charge in [-0.2, -0.15) is 0 Å². The van der Waals surface area contributed by atoms with Crippen molar-refractivity contribution in [2.24, 2.45) is 11.8 Å². The molecule has 4 saturated heterocycles. The SMILES string of the molecule is COc1ccc(S(=O)(=O)N(C[C@@H](O)[C@H](Cc2ccccc2)NC(=O)O[C@@H]2CO[C@@H]3OCCC[C@@H]32)OC2CCCC2)cc1.COc1ccc(S(=O)(=O)N(C[C@@H](O)[C@H](Cc2ccccc2)NC(=O)O[C@H]2CO[C@H]3OCCC[C@H]32)OC2CCCC2)cc1. The van der Waals surface area contributed by atoms with E-state index in [4.69, 9.17) is 47.6 Å². The van der Waals surface area contributed by atoms with Crippen molar-refractivity contribution < 1.29 is 84.2 Å². The summed E-state index contributed by atoms with van der Waals surface area (Å²) in [6.45, 7) is 0.908. The summed E-state index contributed by atoms with van der Waals surface area (Å²) in [4.78, 5) is 38.2. The number of hydrogen-bond acceptors (Lipinski definition) is 18. The second-order valence-electron chi connectivity index (χ2n) is 22.0. The van der Waals surface area contributed by atoms with E-state index in [2.05, 4.69) is 10.6 Å². The fourth-order valence-corrected chi connectivity index (χ4v) is 14.0. The van der Waals surface area contributed by atoms with Gasteiger partial charge in [-0.15, -0.1) is 0 Å². The van der Waals surface area contributed by atoms with Gasteiger partial charge in [-0.05, 0) is 124 Å². The maximum absolute atomic E-state index is 13.7. The molecule has 4 aromatic rings. The highest BCUT2D eigenvalue weighted by Crippen LogP contribution is 2.35. The van der Waals surface area contributed by atoms with Gasteiger partial charge in [0.05, 0.1) is 86.8 Å². The molecule has 4 N–H and O–H groups in total. The van der Waals surface area contributed by atoms with E-state index in [9.17, 15) is 36.6 Å². The fraction of sp³-hybridized carbons (Fsp3) is 0.567. The summed E-state index contributed by atoms with van der Waals surface area (Å²) in [5, 5.41) is 28.5. The molecule has 460 valence electrons. The third kappa shape index (κ3) is 16.9. The number of hydrogen-bond donors (Lipinski definition) is 4. The minimum atomic E-state index is -4.15. The molecule has 0 bridgehead atoms. The van der Waals surface area contributed by atoms with E-state index in [-0.39, 0.29) is 72.5 Å². The molecule has 4 aliphatic heterocycles. The molecular weight excluding hydrogens is 1130 g/mol. The van der Waals surface area contributed by atoms with Gasteiger partial charge in [0.2, 0.25) is 0 Å². The first-order valence-electron chi connectivity index (χ1n) is 29.2. The number of carbonyl (C=O) groups is 2. The first kappa shape index (κ1) is 63.0. The first-order valence-corrected chi connectivity index (χ1v) is 32.1. The zero-order chi connectivity index (χ0) is 59.1. The lowest BCUT2D eigenvalue weighted by Crippen LogP contribution is -2.51. The Balaban J connectivity index is 0.000000202. The molecule has 24 heteroatoms. The molecule has 0 unspecified atom stereocenters. The maximum atomic E-state index is 13.7. The lowest BCUT2D eigenvalue weighted by atomic mass is 9.97. The lowest BCUT2D eigenvalue weighted by Gasteiger charge is -2.31. The van der Waals surface area contributed by atoms with E-state index in [1.165, 1.54) is 38.5 Å². The molecule has 6 aliphatic rings. The average molecular weight is 1210 g/mol. The number of amides is 2. The molecule has 10 atom stereocenters. The van der Waals surface area contributed by atoms with Crippen LogP contribution in [0.3, 0.4) is 0 Å². The Morgan fingerprint density at radius 1 is 0.524 bits per heavy atom. The van der Waals surface area contributed by atoms with Crippen molar-refractivity contribution in [2.75, 3.05) is 53.7 Å². The van der Waals surface area contributed by atoms with Gasteiger partial charge >= 0.3 is 12.2 Å². The van der Waals surface area contributed by atoms with E-state index in [0.717, 1.165) is 97.1 Å². The average Bonchev–Trinajstić information content (AvgIpc) is 4.03. The summed E-state index contributed by atoms with van der Waals surface area (Å²) < 4.78 is 101. The van der Waals surface area contributed by atoms with Gasteiger partial charge in [0.25, 0.3) is 20.0 Å². The van der Waals surface area contributed by atoms with Crippen LogP contribution in [0.25, 0.3) is 0 Å². The number of fused-ring (bicyclic) bond motifs is 2. The van der Waals surface area contributed by atoms with Gasteiger partial charge in [0.1, 0.15) is 23.7 Å². The fourth-order valence-electron chi connectivity index (χ4n) is 11.4. The van der Waals surface area contributed by atoms with Gasteiger partial charge in [0.15, 0.2) is 12.6 Å². The third-order valence-corrected chi connectivity index (χ3v) is 19.4. The highest BCUT2D eigenvalue weighted by atomic mass is 32.2. The molecular formula is C60H80N4O18S2. The normalized spacial score (nSPS) is 24.2. The van der Waals surface area contributed by atoms with E-state index in [0.29, 0.717) is 24.7 Å². The van der Waals surface area contributed by atoms with Crippen molar-refractivity contribution in [3.05, 3.63) is 120 Å². The number of nitrogens with one attached hydrogen (secondary N) is 2. The number of aliphatic hydroxyl groups is 2. The predicted molar refractivity (Wildman–Crippen MR) is 304 cm³/mol. The Bertz CT molecular complexity index is 2710. The topological polar surface area (TPSA) is 266 Å². The number of sulfonamides is 2. The highest BCUT2D eigenvalue weighted by molar-refractivity contribution is 7.89. The zero-order valence-corrected chi connectivity index (χ0v) is 49.2. The Morgan fingerprint density at radius 2 is 0.893 bits per heavy atom. The molecule has 6 fully saturated rings. The summed E-state index contributed by atoms with van der Waals surface area (Å²) >= 11 is 0. The van der Waals surface area contributed by atoms with Crippen molar-refractivity contribution in [3.63, 3.8) is 0 Å². The number of rotatable bonds is 24. The Kier molecular flexibility index (Phi) is 22.7. The van der Waals surface area contributed by atoms with Gasteiger partial charge in [0, 0.05) is 25.0 Å². The second-order valence-corrected chi connectivity index (χ2v) is 25.7. The predicted octanol–water partition coefficient (Wildman–Crippen LogP) is 6.82. The lowest BCUT2D eigenvalue weighted by molar-refractivity contribution is -0.152. The first-order chi connectivity index (χ1) is 40.7. The molecule has 2 amide bonds. The number of hydroxylamine groups is 2. The van der Waals surface area contributed by atoms with Crippen LogP contribution in [0.1, 0.15) is 88.2 Å². The highest BCUT2D eigenvalue weighted by Gasteiger charge is 2.45. The van der Waals surface area contributed by atoms with Crippen LogP contribution in [0.5, 0.6) is 11.5 Å². The quantitative estimate of drug-likeness (QED) is 0.0524. The summed E-state index contributed by atoms with van der Waals surface area (Å²) in [7, 11) is -5.31. The van der Waals surface area contributed by atoms with Crippen molar-refractivity contribution in [1.82, 2.24) is 19.6 Å². The molecule has 10 rings (SSSR count). The molecule has 84 heavy (non-hydrogen) atoms. The molecule has 0 aromatic heterocycles. The monoisotopic (exact) mass is 1210 g/mol. The third-order valence-electron chi connectivity index (χ3n) is 16.1. The molecule has 4 heterocycles. The minimum absolute atomic E-state index is 0.00552. The molecule has 22 nitrogen and oxygen atoms in total. The number of benzene rings is 4. The van der Waals surface area contributed by atoms with Crippen molar-refractivity contribution in [3.8, 4) is 11.5 Å². The molecule has 2 saturated carbocycles. The molecule has 4 aromatic carbocycles. The maximum Gasteiger partial charge on any atom is 0.407 e. The van der Waals surface area contributed by atoms with Crippen LogP contribution in [0.15, 0.2) is 119 Å². The van der Waals surface area contributed by atoms with Crippen molar-refractivity contribution >= 4 is 32.2 Å². The van der Waals surface area contributed by atoms with Crippen LogP contribution in [0.4, 0.5) is 9.59 Å². The largest absolute Gasteiger partial charge is 0.497 e. The number of alkyl carbamates (subject to hydrolysis) is 2. The molecule has 0 radical (unpaired) electrons. The Hall–Kier alpha value is -5.48. The summed E-state index contributed by atoms with van der Waals surface area (Å²) in [6.07, 6.45) is 4.14.